The number of nitrogens with one attached hydrogen (secondary N) is 1. The van der Waals surface area contributed by atoms with Gasteiger partial charge in [0.05, 0.1) is 0 Å². The van der Waals surface area contributed by atoms with Crippen LogP contribution < -0.4 is 11.1 Å². The number of primary amides is 1. The molecule has 0 heterocycles. The van der Waals surface area contributed by atoms with E-state index in [1.165, 1.54) is 6.07 Å². The van der Waals surface area contributed by atoms with Gasteiger partial charge in [-0.25, -0.2) is 4.79 Å². The number of benzene rings is 1. The fraction of sp³-hybridized carbons (Fsp3) is 0.364. The van der Waals surface area contributed by atoms with Crippen LogP contribution in [0.1, 0.15) is 11.1 Å². The largest absolute Gasteiger partial charge is 0.508 e. The van der Waals surface area contributed by atoms with Crippen molar-refractivity contribution in [2.24, 2.45) is 5.73 Å². The van der Waals surface area contributed by atoms with E-state index in [0.29, 0.717) is 35.9 Å². The molecule has 2 amide bonds. The average Bonchev–Trinajstić information content (AvgIpc) is 2.27. The van der Waals surface area contributed by atoms with Crippen molar-refractivity contribution >= 4 is 34.9 Å². The Kier molecular flexibility index (Phi) is 5.38. The lowest BCUT2D eigenvalue weighted by atomic mass is 9.99. The highest BCUT2D eigenvalue weighted by Gasteiger charge is 2.13. The molecule has 94 valence electrons. The summed E-state index contributed by atoms with van der Waals surface area (Å²) in [6.07, 6.45) is 1.03. The van der Waals surface area contributed by atoms with Crippen molar-refractivity contribution in [1.82, 2.24) is 0 Å². The highest BCUT2D eigenvalue weighted by Crippen LogP contribution is 2.29. The maximum Gasteiger partial charge on any atom is 0.316 e. The molecule has 0 aliphatic heterocycles. The second-order valence-corrected chi connectivity index (χ2v) is 4.21. The first-order chi connectivity index (χ1) is 8.10. The van der Waals surface area contributed by atoms with Crippen molar-refractivity contribution in [2.45, 2.75) is 12.8 Å². The molecular formula is C11H14Cl2N2O2. The molecule has 0 spiro atoms. The normalized spacial score (nSPS) is 10.2. The number of urea groups is 1. The maximum absolute atomic E-state index is 10.9. The first-order valence-corrected chi connectivity index (χ1v) is 6.19. The smallest absolute Gasteiger partial charge is 0.316 e. The number of nitrogens with two attached hydrogens (primary N) is 1. The molecular weight excluding hydrogens is 263 g/mol. The second-order valence-electron chi connectivity index (χ2n) is 3.46. The third kappa shape index (κ3) is 3.68. The lowest BCUT2D eigenvalue weighted by Crippen LogP contribution is -2.20. The molecule has 4 nitrogen and oxygen atoms in total. The summed E-state index contributed by atoms with van der Waals surface area (Å²) >= 11 is 11.4. The Morgan fingerprint density at radius 1 is 1.24 bits per heavy atom. The molecule has 4 N–H and O–H groups in total. The molecule has 0 saturated heterocycles. The summed E-state index contributed by atoms with van der Waals surface area (Å²) in [5, 5.41) is 12.3. The molecule has 6 heteroatoms. The summed E-state index contributed by atoms with van der Waals surface area (Å²) in [7, 11) is 0. The van der Waals surface area contributed by atoms with E-state index in [-0.39, 0.29) is 5.75 Å². The van der Waals surface area contributed by atoms with Gasteiger partial charge in [-0.15, -0.1) is 23.2 Å². The Morgan fingerprint density at radius 3 is 2.35 bits per heavy atom. The molecule has 0 aromatic heterocycles. The van der Waals surface area contributed by atoms with E-state index in [2.05, 4.69) is 5.32 Å². The number of amides is 2. The van der Waals surface area contributed by atoms with Crippen LogP contribution in [-0.2, 0) is 12.8 Å². The van der Waals surface area contributed by atoms with Crippen LogP contribution in [0.15, 0.2) is 12.1 Å². The lowest BCUT2D eigenvalue weighted by Gasteiger charge is -2.15. The molecule has 0 bridgehead atoms. The molecule has 0 aliphatic carbocycles. The van der Waals surface area contributed by atoms with Crippen molar-refractivity contribution in [1.29, 1.82) is 0 Å². The monoisotopic (exact) mass is 276 g/mol. The average molecular weight is 277 g/mol. The molecule has 0 unspecified atom stereocenters. The standard InChI is InChI=1S/C11H14Cl2N2O2/c12-5-3-7-8(4-6-13)10(16)2-1-9(7)15-11(14)17/h1-2,16H,3-6H2,(H3,14,15,17). The molecule has 1 aromatic rings. The summed E-state index contributed by atoms with van der Waals surface area (Å²) in [5.41, 5.74) is 7.12. The third-order valence-electron chi connectivity index (χ3n) is 2.35. The van der Waals surface area contributed by atoms with Gasteiger partial charge in [-0.2, -0.15) is 0 Å². The van der Waals surface area contributed by atoms with Crippen molar-refractivity contribution in [3.8, 4) is 5.75 Å². The van der Waals surface area contributed by atoms with Crippen molar-refractivity contribution in [2.75, 3.05) is 17.1 Å². The topological polar surface area (TPSA) is 75.4 Å². The number of aromatic hydroxyl groups is 1. The molecule has 1 aromatic carbocycles. The minimum Gasteiger partial charge on any atom is -0.508 e. The zero-order chi connectivity index (χ0) is 12.8. The molecule has 17 heavy (non-hydrogen) atoms. The van der Waals surface area contributed by atoms with Crippen LogP contribution in [0.4, 0.5) is 10.5 Å². The van der Waals surface area contributed by atoms with Gasteiger partial charge in [0, 0.05) is 23.0 Å². The summed E-state index contributed by atoms with van der Waals surface area (Å²) < 4.78 is 0. The van der Waals surface area contributed by atoms with E-state index in [9.17, 15) is 9.90 Å². The van der Waals surface area contributed by atoms with E-state index in [1.54, 1.807) is 6.07 Å². The zero-order valence-corrected chi connectivity index (χ0v) is 10.7. The van der Waals surface area contributed by atoms with E-state index in [4.69, 9.17) is 28.9 Å². The first-order valence-electron chi connectivity index (χ1n) is 5.12. The van der Waals surface area contributed by atoms with Crippen molar-refractivity contribution in [3.63, 3.8) is 0 Å². The fourth-order valence-corrected chi connectivity index (χ4v) is 2.06. The Morgan fingerprint density at radius 2 is 1.82 bits per heavy atom. The molecule has 0 atom stereocenters. The predicted molar refractivity (Wildman–Crippen MR) is 70.2 cm³/mol. The number of hydrogen-bond acceptors (Lipinski definition) is 2. The number of carbonyl (C=O) groups excluding carboxylic acids is 1. The number of carbonyl (C=O) groups is 1. The molecule has 0 saturated carbocycles. The number of phenolic OH excluding ortho intramolecular Hbond substituents is 1. The molecule has 0 fully saturated rings. The molecule has 0 radical (unpaired) electrons. The van der Waals surface area contributed by atoms with Crippen molar-refractivity contribution in [3.05, 3.63) is 23.3 Å². The summed E-state index contributed by atoms with van der Waals surface area (Å²) in [5.74, 6) is 0.912. The number of alkyl halides is 2. The third-order valence-corrected chi connectivity index (χ3v) is 2.73. The van der Waals surface area contributed by atoms with Crippen molar-refractivity contribution < 1.29 is 9.90 Å². The predicted octanol–water partition coefficient (Wildman–Crippen LogP) is 2.45. The molecule has 1 rings (SSSR count). The van der Waals surface area contributed by atoms with Crippen LogP contribution in [0.25, 0.3) is 0 Å². The number of anilines is 1. The van der Waals surface area contributed by atoms with Crippen LogP contribution in [0.5, 0.6) is 5.75 Å². The summed E-state index contributed by atoms with van der Waals surface area (Å²) in [4.78, 5) is 10.9. The van der Waals surface area contributed by atoms with Gasteiger partial charge < -0.3 is 16.2 Å². The number of rotatable bonds is 5. The van der Waals surface area contributed by atoms with Crippen LogP contribution in [-0.4, -0.2) is 22.9 Å². The van der Waals surface area contributed by atoms with Crippen LogP contribution >= 0.6 is 23.2 Å². The van der Waals surface area contributed by atoms with Gasteiger partial charge in [0.1, 0.15) is 5.75 Å². The Bertz CT molecular complexity index is 411. The van der Waals surface area contributed by atoms with E-state index in [0.717, 1.165) is 5.56 Å². The van der Waals surface area contributed by atoms with Crippen LogP contribution in [0, 0.1) is 0 Å². The van der Waals surface area contributed by atoms with Gasteiger partial charge in [0.25, 0.3) is 0 Å². The molecule has 0 aliphatic rings. The minimum atomic E-state index is -0.650. The van der Waals surface area contributed by atoms with Gasteiger partial charge in [0.2, 0.25) is 0 Å². The summed E-state index contributed by atoms with van der Waals surface area (Å²) in [6.45, 7) is 0. The highest BCUT2D eigenvalue weighted by atomic mass is 35.5. The zero-order valence-electron chi connectivity index (χ0n) is 9.17. The van der Waals surface area contributed by atoms with Crippen LogP contribution in [0.3, 0.4) is 0 Å². The Labute approximate surface area is 110 Å². The maximum atomic E-state index is 10.9. The number of phenols is 1. The highest BCUT2D eigenvalue weighted by molar-refractivity contribution is 6.18. The first kappa shape index (κ1) is 13.9. The van der Waals surface area contributed by atoms with E-state index < -0.39 is 6.03 Å². The Balaban J connectivity index is 3.19. The van der Waals surface area contributed by atoms with Gasteiger partial charge in [-0.3, -0.25) is 0 Å². The number of halogens is 2. The van der Waals surface area contributed by atoms with Gasteiger partial charge >= 0.3 is 6.03 Å². The van der Waals surface area contributed by atoms with E-state index in [1.807, 2.05) is 0 Å². The quantitative estimate of drug-likeness (QED) is 0.571. The Hall–Kier alpha value is -1.13. The minimum absolute atomic E-state index is 0.154. The summed E-state index contributed by atoms with van der Waals surface area (Å²) in [6, 6.07) is 2.45. The SMILES string of the molecule is NC(=O)Nc1ccc(O)c(CCCl)c1CCCl. The van der Waals surface area contributed by atoms with Gasteiger partial charge in [-0.05, 0) is 30.5 Å². The van der Waals surface area contributed by atoms with Crippen LogP contribution in [0.2, 0.25) is 0 Å². The van der Waals surface area contributed by atoms with E-state index >= 15 is 0 Å². The lowest BCUT2D eigenvalue weighted by molar-refractivity contribution is 0.259. The van der Waals surface area contributed by atoms with Gasteiger partial charge in [-0.1, -0.05) is 0 Å². The van der Waals surface area contributed by atoms with Gasteiger partial charge in [0.15, 0.2) is 0 Å². The number of hydrogen-bond donors (Lipinski definition) is 3. The fourth-order valence-electron chi connectivity index (χ4n) is 1.68. The second kappa shape index (κ2) is 6.57.